The van der Waals surface area contributed by atoms with Crippen LogP contribution in [0.1, 0.15) is 240 Å². The zero-order valence-electron chi connectivity index (χ0n) is 68.2. The van der Waals surface area contributed by atoms with E-state index in [9.17, 15) is 101 Å². The van der Waals surface area contributed by atoms with Gasteiger partial charge in [-0.1, -0.05) is 206 Å². The highest BCUT2D eigenvalue weighted by Gasteiger charge is 2.59. The van der Waals surface area contributed by atoms with Gasteiger partial charge >= 0.3 is 0 Å². The maximum Gasteiger partial charge on any atom is 0.220 e. The largest absolute Gasteiger partial charge is 0.394 e. The summed E-state index contributed by atoms with van der Waals surface area (Å²) in [5.41, 5.74) is 0. The molecule has 0 aromatic carbocycles. The number of aliphatic hydroxyl groups is 17. The molecule has 0 spiro atoms. The van der Waals surface area contributed by atoms with E-state index in [1.165, 1.54) is 142 Å². The second kappa shape index (κ2) is 54.5. The van der Waals surface area contributed by atoms with Gasteiger partial charge in [0.25, 0.3) is 0 Å². The number of allylic oxidation sites excluding steroid dienone is 1. The number of carbonyl (C=O) groups is 3. The number of unbranched alkanes of at least 4 members (excludes halogenated alkanes) is 29. The maximum absolute atomic E-state index is 13.6. The molecule has 12 unspecified atom stereocenters. The van der Waals surface area contributed by atoms with Crippen LogP contribution >= 0.6 is 0 Å². The quantitative estimate of drug-likeness (QED) is 0.0285. The van der Waals surface area contributed by atoms with Gasteiger partial charge in [-0.3, -0.25) is 14.4 Å². The predicted molar refractivity (Wildman–Crippen MR) is 411 cm³/mol. The van der Waals surface area contributed by atoms with Crippen LogP contribution in [0, 0.1) is 0 Å². The highest BCUT2D eigenvalue weighted by atomic mass is 16.8. The van der Waals surface area contributed by atoms with E-state index >= 15 is 0 Å². The van der Waals surface area contributed by atoms with E-state index in [1.807, 2.05) is 6.08 Å². The van der Waals surface area contributed by atoms with Crippen molar-refractivity contribution in [2.75, 3.05) is 39.6 Å². The average Bonchev–Trinajstić information content (AvgIpc) is 0.762. The van der Waals surface area contributed by atoms with Gasteiger partial charge in [0.2, 0.25) is 17.7 Å². The second-order valence-electron chi connectivity index (χ2n) is 32.1. The average molecular weight is 1660 g/mol. The molecule has 35 nitrogen and oxygen atoms in total. The highest BCUT2D eigenvalue weighted by molar-refractivity contribution is 5.76. The van der Waals surface area contributed by atoms with E-state index < -0.39 is 248 Å². The van der Waals surface area contributed by atoms with Crippen LogP contribution in [0.3, 0.4) is 0 Å². The van der Waals surface area contributed by atoms with E-state index in [0.29, 0.717) is 12.8 Å². The van der Waals surface area contributed by atoms with Gasteiger partial charge in [-0.15, -0.1) is 0 Å². The second-order valence-corrected chi connectivity index (χ2v) is 32.1. The summed E-state index contributed by atoms with van der Waals surface area (Å²) < 4.78 is 72.4. The molecule has 3 amide bonds. The summed E-state index contributed by atoms with van der Waals surface area (Å²) in [5.74, 6) is -2.01. The van der Waals surface area contributed by atoms with Crippen LogP contribution in [0.4, 0.5) is 0 Å². The third kappa shape index (κ3) is 31.7. The van der Waals surface area contributed by atoms with Crippen LogP contribution in [0.25, 0.3) is 0 Å². The van der Waals surface area contributed by atoms with Crippen molar-refractivity contribution in [3.8, 4) is 0 Å². The molecule has 672 valence electrons. The molecule has 6 aliphatic heterocycles. The van der Waals surface area contributed by atoms with Crippen LogP contribution in [0.15, 0.2) is 12.2 Å². The van der Waals surface area contributed by atoms with Crippen LogP contribution in [-0.2, 0) is 71.2 Å². The van der Waals surface area contributed by atoms with Gasteiger partial charge < -0.3 is 160 Å². The zero-order chi connectivity index (χ0) is 84.1. The van der Waals surface area contributed by atoms with Crippen molar-refractivity contribution in [1.29, 1.82) is 0 Å². The van der Waals surface area contributed by atoms with E-state index in [4.69, 9.17) is 56.8 Å². The lowest BCUT2D eigenvalue weighted by Gasteiger charge is -2.51. The molecule has 20 N–H and O–H groups in total. The van der Waals surface area contributed by atoms with Crippen molar-refractivity contribution in [1.82, 2.24) is 16.0 Å². The molecule has 0 radical (unpaired) electrons. The van der Waals surface area contributed by atoms with Crippen molar-refractivity contribution in [2.24, 2.45) is 0 Å². The molecule has 0 aliphatic carbocycles. The van der Waals surface area contributed by atoms with Crippen LogP contribution in [0.5, 0.6) is 0 Å². The smallest absolute Gasteiger partial charge is 0.220 e. The van der Waals surface area contributed by atoms with Gasteiger partial charge in [-0.05, 0) is 26.2 Å². The molecule has 0 aromatic rings. The molecule has 115 heavy (non-hydrogen) atoms. The summed E-state index contributed by atoms with van der Waals surface area (Å²) in [4.78, 5) is 39.2. The Morgan fingerprint density at radius 1 is 0.357 bits per heavy atom. The molecule has 6 fully saturated rings. The van der Waals surface area contributed by atoms with Gasteiger partial charge in [0, 0.05) is 20.3 Å². The molecular weight excluding hydrogens is 1510 g/mol. The molecule has 6 saturated heterocycles. The van der Waals surface area contributed by atoms with Crippen LogP contribution in [-0.4, -0.2) is 340 Å². The van der Waals surface area contributed by atoms with Crippen molar-refractivity contribution in [2.45, 2.75) is 436 Å². The monoisotopic (exact) mass is 1660 g/mol. The number of hydrogen-bond acceptors (Lipinski definition) is 32. The Kier molecular flexibility index (Phi) is 47.8. The number of hydrogen-bond donors (Lipinski definition) is 20. The van der Waals surface area contributed by atoms with E-state index in [2.05, 4.69) is 29.8 Å². The topological polar surface area (TPSA) is 542 Å². The summed E-state index contributed by atoms with van der Waals surface area (Å²) in [7, 11) is 0. The van der Waals surface area contributed by atoms with Crippen molar-refractivity contribution >= 4 is 17.7 Å². The minimum Gasteiger partial charge on any atom is -0.394 e. The lowest BCUT2D eigenvalue weighted by atomic mass is 9.93. The van der Waals surface area contributed by atoms with Crippen molar-refractivity contribution < 1.29 is 158 Å². The molecular formula is C80H145N3O32. The summed E-state index contributed by atoms with van der Waals surface area (Å²) in [6, 6.07) is -4.63. The fourth-order valence-electron chi connectivity index (χ4n) is 15.7. The number of ether oxygens (including phenoxy) is 12. The first-order valence-electron chi connectivity index (χ1n) is 42.8. The van der Waals surface area contributed by atoms with Crippen molar-refractivity contribution in [3.63, 3.8) is 0 Å². The first kappa shape index (κ1) is 101. The fraction of sp³-hybridized carbons (Fsp3) is 0.938. The van der Waals surface area contributed by atoms with Crippen LogP contribution in [0.2, 0.25) is 0 Å². The molecule has 6 rings (SSSR count). The van der Waals surface area contributed by atoms with Crippen molar-refractivity contribution in [3.05, 3.63) is 12.2 Å². The van der Waals surface area contributed by atoms with E-state index in [0.717, 1.165) is 65.2 Å². The zero-order valence-corrected chi connectivity index (χ0v) is 68.2. The third-order valence-corrected chi connectivity index (χ3v) is 22.7. The van der Waals surface area contributed by atoms with Crippen LogP contribution < -0.4 is 16.0 Å². The lowest BCUT2D eigenvalue weighted by molar-refractivity contribution is -0.402. The molecule has 6 heterocycles. The fourth-order valence-corrected chi connectivity index (χ4v) is 15.7. The molecule has 35 heteroatoms. The molecule has 0 bridgehead atoms. The Hall–Kier alpha value is -3.01. The SMILES string of the molecule is CCCCCCCCCCCCC/C=C/[C@@H](O)[C@H](CO[C@@H]1OC(CO)[C@@H](O[C@@H]2OC(CO)[C@H](O)[C@H](O[C@@H]3OC(CO)[C@@H](O[C@@H]4OC(CO)[C@H](O)[C@H](O[C@@H]5OC(CO)[C@H](O)[C@H](O)C5NC(C)=O)C4O[C@H]4OC(C)[C@@H](O)C(O)[C@@H]4O)[C@H](O)C3NC(C)=O)C2O)[C@H](O)C1O)NC(=O)CCCCCCCCCCCCCCCCCCCCC. The Morgan fingerprint density at radius 2 is 0.722 bits per heavy atom. The van der Waals surface area contributed by atoms with Gasteiger partial charge in [0.05, 0.1) is 57.9 Å². The number of nitrogens with one attached hydrogen (secondary N) is 3. The number of rotatable bonds is 55. The Morgan fingerprint density at radius 3 is 1.21 bits per heavy atom. The Bertz CT molecular complexity index is 2650. The highest BCUT2D eigenvalue weighted by Crippen LogP contribution is 2.39. The van der Waals surface area contributed by atoms with Gasteiger partial charge in [-0.25, -0.2) is 0 Å². The van der Waals surface area contributed by atoms with Gasteiger partial charge in [0.15, 0.2) is 37.7 Å². The number of amides is 3. The first-order chi connectivity index (χ1) is 55.3. The van der Waals surface area contributed by atoms with Gasteiger partial charge in [0.1, 0.15) is 140 Å². The standard InChI is InChI=1S/C80H145N3O32/c1-6-8-10-12-14-16-18-20-21-22-23-24-25-27-29-31-33-35-37-39-56(92)83-49(50(91)38-36-34-32-30-28-26-19-17-15-13-11-9-7-2)45-104-77-68(102)66(100)71(55(44-88)110-77)111-79-69(103)72(61(95)52(41-85)107-79)113-76-58(82-48(5)90)64(98)70(54(43-87)109-76)112-80-74(115-78-67(101)65(99)59(93)46(3)105-78)73(62(96)53(42-86)108-80)114-75-57(81-47(4)89)63(97)60(94)51(40-84)106-75/h36,38,46,49-55,57-80,84-88,91,93-103H,6-35,37,39-45H2,1-5H3,(H,81,89)(H,82,90)(H,83,92)/b38-36+/t46?,49-,50+,51?,52?,53?,54?,55?,57?,58?,59+,60-,61-,62-,63+,64+,65?,66+,67-,68?,69?,70+,71+,72-,73-,74?,75-,76-,77+,78+,79-,80-/m0/s1. The minimum atomic E-state index is -2.22. The van der Waals surface area contributed by atoms with E-state index in [-0.39, 0.29) is 12.3 Å². The number of carbonyl (C=O) groups excluding carboxylic acids is 3. The minimum absolute atomic E-state index is 0.174. The Labute approximate surface area is 677 Å². The molecule has 0 saturated carbocycles. The molecule has 0 aromatic heterocycles. The van der Waals surface area contributed by atoms with E-state index in [1.54, 1.807) is 6.08 Å². The predicted octanol–water partition coefficient (Wildman–Crippen LogP) is 0.164. The lowest BCUT2D eigenvalue weighted by Crippen LogP contribution is -2.71. The first-order valence-corrected chi connectivity index (χ1v) is 42.8. The molecule has 32 atom stereocenters. The maximum atomic E-state index is 13.6. The van der Waals surface area contributed by atoms with Gasteiger partial charge in [-0.2, -0.15) is 0 Å². The summed E-state index contributed by atoms with van der Waals surface area (Å²) in [6.07, 6.45) is -14.9. The third-order valence-electron chi connectivity index (χ3n) is 22.7. The number of aliphatic hydroxyl groups excluding tert-OH is 17. The molecule has 6 aliphatic rings. The Balaban J connectivity index is 1.11. The normalized spacial score (nSPS) is 36.5. The summed E-state index contributed by atoms with van der Waals surface area (Å²) in [6.45, 7) is 2.30. The summed E-state index contributed by atoms with van der Waals surface area (Å²) >= 11 is 0. The summed E-state index contributed by atoms with van der Waals surface area (Å²) in [5, 5.41) is 199.